The minimum atomic E-state index is 0.663. The zero-order valence-corrected chi connectivity index (χ0v) is 10.7. The maximum atomic E-state index is 5.45. The van der Waals surface area contributed by atoms with Gasteiger partial charge in [0.1, 0.15) is 5.75 Å². The van der Waals surface area contributed by atoms with Gasteiger partial charge >= 0.3 is 0 Å². The second-order valence-electron chi connectivity index (χ2n) is 2.45. The van der Waals surface area contributed by atoms with Gasteiger partial charge in [0.2, 0.25) is 0 Å². The van der Waals surface area contributed by atoms with E-state index in [1.807, 2.05) is 26.1 Å². The normalized spacial score (nSPS) is 9.85. The Morgan fingerprint density at radius 3 is 2.23 bits per heavy atom. The molecule has 0 aliphatic rings. The number of halogens is 2. The van der Waals surface area contributed by atoms with Crippen molar-refractivity contribution in [1.82, 2.24) is 0 Å². The molecule has 0 heterocycles. The van der Waals surface area contributed by atoms with Gasteiger partial charge in [0.25, 0.3) is 0 Å². The zero-order chi connectivity index (χ0) is 9.84. The molecule has 0 saturated carbocycles. The van der Waals surface area contributed by atoms with Gasteiger partial charge in [-0.15, -0.1) is 0 Å². The van der Waals surface area contributed by atoms with E-state index in [2.05, 4.69) is 37.2 Å². The molecule has 0 bridgehead atoms. The molecule has 4 heteroatoms. The van der Waals surface area contributed by atoms with Crippen LogP contribution in [0.1, 0.15) is 6.92 Å². The van der Waals surface area contributed by atoms with Crippen molar-refractivity contribution in [3.8, 4) is 5.75 Å². The third-order valence-electron chi connectivity index (χ3n) is 1.58. The van der Waals surface area contributed by atoms with Crippen LogP contribution in [-0.2, 0) is 0 Å². The van der Waals surface area contributed by atoms with E-state index in [0.29, 0.717) is 6.61 Å². The van der Waals surface area contributed by atoms with E-state index in [9.17, 15) is 0 Å². The smallest absolute Gasteiger partial charge is 0.147 e. The fraction of sp³-hybridized carbons (Fsp3) is 0.333. The van der Waals surface area contributed by atoms with Crippen molar-refractivity contribution < 1.29 is 4.74 Å². The predicted molar refractivity (Wildman–Crippen MR) is 62.6 cm³/mol. The first-order chi connectivity index (χ1) is 6.19. The molecule has 1 rings (SSSR count). The summed E-state index contributed by atoms with van der Waals surface area (Å²) in [6, 6.07) is 3.96. The number of hydrogen-bond acceptors (Lipinski definition) is 2. The molecule has 0 amide bonds. The second kappa shape index (κ2) is 4.86. The molecular formula is C9H11Br2NO. The van der Waals surface area contributed by atoms with Gasteiger partial charge in [0, 0.05) is 12.7 Å². The lowest BCUT2D eigenvalue weighted by Gasteiger charge is -2.10. The maximum absolute atomic E-state index is 5.45. The van der Waals surface area contributed by atoms with E-state index in [0.717, 1.165) is 20.4 Å². The molecule has 0 saturated heterocycles. The average Bonchev–Trinajstić information content (AvgIpc) is 2.11. The highest BCUT2D eigenvalue weighted by molar-refractivity contribution is 9.11. The number of ether oxygens (including phenoxy) is 1. The van der Waals surface area contributed by atoms with Crippen LogP contribution < -0.4 is 10.1 Å². The van der Waals surface area contributed by atoms with Crippen LogP contribution in [0.5, 0.6) is 5.75 Å². The van der Waals surface area contributed by atoms with Gasteiger partial charge in [-0.25, -0.2) is 0 Å². The SMILES string of the molecule is CCOc1c(Br)cc(NC)cc1Br. The first kappa shape index (κ1) is 10.9. The van der Waals surface area contributed by atoms with Crippen LogP contribution in [0.4, 0.5) is 5.69 Å². The lowest BCUT2D eigenvalue weighted by atomic mass is 10.3. The number of nitrogens with one attached hydrogen (secondary N) is 1. The summed E-state index contributed by atoms with van der Waals surface area (Å²) in [5, 5.41) is 3.06. The Morgan fingerprint density at radius 2 is 1.85 bits per heavy atom. The van der Waals surface area contributed by atoms with Gasteiger partial charge in [-0.1, -0.05) is 0 Å². The Morgan fingerprint density at radius 1 is 1.31 bits per heavy atom. The Labute approximate surface area is 94.9 Å². The van der Waals surface area contributed by atoms with Crippen molar-refractivity contribution in [2.75, 3.05) is 19.0 Å². The lowest BCUT2D eigenvalue weighted by Crippen LogP contribution is -1.95. The van der Waals surface area contributed by atoms with Gasteiger partial charge < -0.3 is 10.1 Å². The van der Waals surface area contributed by atoms with Crippen LogP contribution >= 0.6 is 31.9 Å². The van der Waals surface area contributed by atoms with E-state index in [1.165, 1.54) is 0 Å². The average molecular weight is 309 g/mol. The summed E-state index contributed by atoms with van der Waals surface area (Å²) < 4.78 is 7.35. The number of benzene rings is 1. The molecule has 2 nitrogen and oxygen atoms in total. The third kappa shape index (κ3) is 2.61. The van der Waals surface area contributed by atoms with Crippen molar-refractivity contribution in [1.29, 1.82) is 0 Å². The van der Waals surface area contributed by atoms with Crippen molar-refractivity contribution >= 4 is 37.5 Å². The molecule has 0 spiro atoms. The van der Waals surface area contributed by atoms with E-state index >= 15 is 0 Å². The molecule has 1 aromatic rings. The van der Waals surface area contributed by atoms with Crippen LogP contribution in [-0.4, -0.2) is 13.7 Å². The summed E-state index contributed by atoms with van der Waals surface area (Å²) in [4.78, 5) is 0. The van der Waals surface area contributed by atoms with Crippen LogP contribution in [0.25, 0.3) is 0 Å². The molecule has 72 valence electrons. The number of anilines is 1. The molecule has 1 aromatic carbocycles. The monoisotopic (exact) mass is 307 g/mol. The van der Waals surface area contributed by atoms with Gasteiger partial charge in [0.05, 0.1) is 15.6 Å². The lowest BCUT2D eigenvalue weighted by molar-refractivity contribution is 0.336. The highest BCUT2D eigenvalue weighted by Crippen LogP contribution is 2.36. The minimum Gasteiger partial charge on any atom is -0.492 e. The second-order valence-corrected chi connectivity index (χ2v) is 4.16. The summed E-state index contributed by atoms with van der Waals surface area (Å²) in [6.45, 7) is 2.63. The highest BCUT2D eigenvalue weighted by atomic mass is 79.9. The topological polar surface area (TPSA) is 21.3 Å². The summed E-state index contributed by atoms with van der Waals surface area (Å²) in [7, 11) is 1.88. The quantitative estimate of drug-likeness (QED) is 0.920. The number of hydrogen-bond donors (Lipinski definition) is 1. The first-order valence-electron chi connectivity index (χ1n) is 3.98. The third-order valence-corrected chi connectivity index (χ3v) is 2.75. The van der Waals surface area contributed by atoms with E-state index in [4.69, 9.17) is 4.74 Å². The zero-order valence-electron chi connectivity index (χ0n) is 7.53. The maximum Gasteiger partial charge on any atom is 0.147 e. The molecule has 0 atom stereocenters. The molecule has 0 unspecified atom stereocenters. The fourth-order valence-electron chi connectivity index (χ4n) is 0.986. The van der Waals surface area contributed by atoms with Crippen molar-refractivity contribution in [2.45, 2.75) is 6.92 Å². The Balaban J connectivity index is 3.07. The Kier molecular flexibility index (Phi) is 4.06. The molecule has 0 aliphatic carbocycles. The first-order valence-corrected chi connectivity index (χ1v) is 5.57. The van der Waals surface area contributed by atoms with Gasteiger partial charge in [0.15, 0.2) is 0 Å². The largest absolute Gasteiger partial charge is 0.492 e. The van der Waals surface area contributed by atoms with Gasteiger partial charge in [-0.2, -0.15) is 0 Å². The molecule has 0 fully saturated rings. The fourth-order valence-corrected chi connectivity index (χ4v) is 2.40. The van der Waals surface area contributed by atoms with Crippen LogP contribution in [0.15, 0.2) is 21.1 Å². The summed E-state index contributed by atoms with van der Waals surface area (Å²) in [5.41, 5.74) is 1.04. The van der Waals surface area contributed by atoms with Crippen molar-refractivity contribution in [3.63, 3.8) is 0 Å². The highest BCUT2D eigenvalue weighted by Gasteiger charge is 2.07. The molecular weight excluding hydrogens is 298 g/mol. The van der Waals surface area contributed by atoms with Gasteiger partial charge in [-0.05, 0) is 50.9 Å². The molecule has 0 radical (unpaired) electrons. The molecule has 0 aliphatic heterocycles. The predicted octanol–water partition coefficient (Wildman–Crippen LogP) is 3.65. The van der Waals surface area contributed by atoms with Crippen molar-refractivity contribution in [2.24, 2.45) is 0 Å². The van der Waals surface area contributed by atoms with E-state index in [-0.39, 0.29) is 0 Å². The van der Waals surface area contributed by atoms with Crippen LogP contribution in [0.3, 0.4) is 0 Å². The summed E-state index contributed by atoms with van der Waals surface area (Å²) >= 11 is 6.89. The van der Waals surface area contributed by atoms with E-state index in [1.54, 1.807) is 0 Å². The van der Waals surface area contributed by atoms with Gasteiger partial charge in [-0.3, -0.25) is 0 Å². The van der Waals surface area contributed by atoms with Crippen molar-refractivity contribution in [3.05, 3.63) is 21.1 Å². The Hall–Kier alpha value is -0.220. The van der Waals surface area contributed by atoms with E-state index < -0.39 is 0 Å². The molecule has 0 aromatic heterocycles. The number of rotatable bonds is 3. The standard InChI is InChI=1S/C9H11Br2NO/c1-3-13-9-7(10)4-6(12-2)5-8(9)11/h4-5,12H,3H2,1-2H3. The molecule has 1 N–H and O–H groups in total. The minimum absolute atomic E-state index is 0.663. The molecule has 13 heavy (non-hydrogen) atoms. The summed E-state index contributed by atoms with van der Waals surface area (Å²) in [5.74, 6) is 0.849. The summed E-state index contributed by atoms with van der Waals surface area (Å²) in [6.07, 6.45) is 0. The Bertz CT molecular complexity index is 279. The van der Waals surface area contributed by atoms with Crippen LogP contribution in [0.2, 0.25) is 0 Å². The van der Waals surface area contributed by atoms with Crippen LogP contribution in [0, 0.1) is 0 Å².